The summed E-state index contributed by atoms with van der Waals surface area (Å²) >= 11 is 0. The molecule has 2 unspecified atom stereocenters. The van der Waals surface area contributed by atoms with Gasteiger partial charge in [-0.25, -0.2) is 10.1 Å². The average Bonchev–Trinajstić information content (AvgIpc) is 2.84. The number of nitrogens with one attached hydrogen (secondary N) is 1. The van der Waals surface area contributed by atoms with Crippen molar-refractivity contribution in [1.29, 1.82) is 0 Å². The molecule has 20 heavy (non-hydrogen) atoms. The molecule has 2 aliphatic rings. The fraction of sp³-hybridized carbons (Fsp3) is 0.200. The number of H-pyrrole nitrogens is 1. The van der Waals surface area contributed by atoms with Crippen LogP contribution >= 0.6 is 0 Å². The number of aromatic amines is 1. The zero-order chi connectivity index (χ0) is 13.9. The van der Waals surface area contributed by atoms with Gasteiger partial charge in [-0.2, -0.15) is 0 Å². The summed E-state index contributed by atoms with van der Waals surface area (Å²) in [4.78, 5) is 3.17. The summed E-state index contributed by atoms with van der Waals surface area (Å²) in [6.07, 6.45) is 7.50. The van der Waals surface area contributed by atoms with Crippen LogP contribution < -0.4 is 10.1 Å². The van der Waals surface area contributed by atoms with E-state index in [0.717, 1.165) is 16.5 Å². The number of nitrogens with zero attached hydrogens (tertiary/aromatic N) is 2. The van der Waals surface area contributed by atoms with Gasteiger partial charge in [0.25, 0.3) is 0 Å². The first-order valence-corrected chi connectivity index (χ1v) is 6.60. The van der Waals surface area contributed by atoms with Gasteiger partial charge in [-0.15, -0.1) is 0 Å². The van der Waals surface area contributed by atoms with Gasteiger partial charge in [0, 0.05) is 10.9 Å². The van der Waals surface area contributed by atoms with Crippen molar-refractivity contribution in [3.8, 4) is 0 Å². The Morgan fingerprint density at radius 2 is 1.75 bits per heavy atom. The van der Waals surface area contributed by atoms with Crippen molar-refractivity contribution in [3.05, 3.63) is 48.1 Å². The molecule has 1 aliphatic carbocycles. The number of hydrogen-bond acceptors (Lipinski definition) is 4. The van der Waals surface area contributed by atoms with Gasteiger partial charge >= 0.3 is 0 Å². The first-order valence-electron chi connectivity index (χ1n) is 6.60. The van der Waals surface area contributed by atoms with E-state index in [1.165, 1.54) is 10.1 Å². The van der Waals surface area contributed by atoms with Crippen molar-refractivity contribution in [2.45, 2.75) is 19.0 Å². The predicted molar refractivity (Wildman–Crippen MR) is 77.4 cm³/mol. The van der Waals surface area contributed by atoms with Crippen molar-refractivity contribution in [2.75, 3.05) is 10.1 Å². The molecule has 3 N–H and O–H groups in total. The molecule has 4 rings (SSSR count). The van der Waals surface area contributed by atoms with E-state index in [9.17, 15) is 10.4 Å². The minimum Gasteiger partial charge on any atom is -0.338 e. The molecular weight excluding hydrogens is 254 g/mol. The smallest absolute Gasteiger partial charge is 0.158 e. The second-order valence-electron chi connectivity index (χ2n) is 5.31. The minimum absolute atomic E-state index is 0.294. The standard InChI is InChI=1S/C15H15N3O2/c1-9-6-7-11-10(8-9)14-15(16-11)18(20)13-5-3-2-4-12(13)17(14)19/h2-8,12-13,16,19-20H,1H3. The van der Waals surface area contributed by atoms with Gasteiger partial charge in [0.2, 0.25) is 0 Å². The van der Waals surface area contributed by atoms with Crippen LogP contribution in [-0.4, -0.2) is 27.5 Å². The van der Waals surface area contributed by atoms with Gasteiger partial charge in [-0.05, 0) is 19.1 Å². The fourth-order valence-corrected chi connectivity index (χ4v) is 3.01. The van der Waals surface area contributed by atoms with Crippen molar-refractivity contribution in [3.63, 3.8) is 0 Å². The van der Waals surface area contributed by atoms with E-state index in [1.807, 2.05) is 49.4 Å². The maximum absolute atomic E-state index is 10.5. The van der Waals surface area contributed by atoms with Crippen LogP contribution in [0.3, 0.4) is 0 Å². The zero-order valence-electron chi connectivity index (χ0n) is 11.0. The van der Waals surface area contributed by atoms with Crippen LogP contribution in [0.1, 0.15) is 5.56 Å². The lowest BCUT2D eigenvalue weighted by Crippen LogP contribution is -2.53. The highest BCUT2D eigenvalue weighted by molar-refractivity contribution is 6.01. The number of hydrogen-bond donors (Lipinski definition) is 3. The van der Waals surface area contributed by atoms with Gasteiger partial charge in [0.1, 0.15) is 17.8 Å². The number of allylic oxidation sites excluding steroid dienone is 2. The van der Waals surface area contributed by atoms with Crippen LogP contribution in [-0.2, 0) is 0 Å². The Morgan fingerprint density at radius 1 is 1.05 bits per heavy atom. The van der Waals surface area contributed by atoms with Crippen molar-refractivity contribution < 1.29 is 10.4 Å². The summed E-state index contributed by atoms with van der Waals surface area (Å²) in [5.41, 5.74) is 2.62. The largest absolute Gasteiger partial charge is 0.338 e. The summed E-state index contributed by atoms with van der Waals surface area (Å²) in [5.74, 6) is 0.523. The van der Waals surface area contributed by atoms with E-state index in [4.69, 9.17) is 0 Å². The van der Waals surface area contributed by atoms with E-state index >= 15 is 0 Å². The van der Waals surface area contributed by atoms with E-state index in [2.05, 4.69) is 4.98 Å². The van der Waals surface area contributed by atoms with Crippen LogP contribution in [0, 0.1) is 6.92 Å². The number of hydroxylamine groups is 2. The molecule has 0 spiro atoms. The molecule has 1 aromatic heterocycles. The molecule has 1 aromatic carbocycles. The Balaban J connectivity index is 1.99. The highest BCUT2D eigenvalue weighted by atomic mass is 16.5. The number of aromatic nitrogens is 1. The molecule has 5 heteroatoms. The highest BCUT2D eigenvalue weighted by Gasteiger charge is 2.39. The topological polar surface area (TPSA) is 62.7 Å². The lowest BCUT2D eigenvalue weighted by molar-refractivity contribution is 0.161. The Kier molecular flexibility index (Phi) is 2.24. The molecule has 0 radical (unpaired) electrons. The van der Waals surface area contributed by atoms with E-state index in [-0.39, 0.29) is 12.1 Å². The van der Waals surface area contributed by atoms with Crippen LogP contribution in [0.4, 0.5) is 11.5 Å². The monoisotopic (exact) mass is 269 g/mol. The highest BCUT2D eigenvalue weighted by Crippen LogP contribution is 2.43. The molecule has 0 saturated carbocycles. The summed E-state index contributed by atoms with van der Waals surface area (Å²) < 4.78 is 0. The van der Waals surface area contributed by atoms with Crippen molar-refractivity contribution in [2.24, 2.45) is 0 Å². The van der Waals surface area contributed by atoms with Gasteiger partial charge < -0.3 is 4.98 Å². The van der Waals surface area contributed by atoms with Gasteiger partial charge in [0.15, 0.2) is 5.82 Å². The lowest BCUT2D eigenvalue weighted by Gasteiger charge is -2.41. The molecule has 2 aromatic rings. The predicted octanol–water partition coefficient (Wildman–Crippen LogP) is 2.74. The summed E-state index contributed by atoms with van der Waals surface area (Å²) in [7, 11) is 0. The van der Waals surface area contributed by atoms with Gasteiger partial charge in [-0.3, -0.25) is 10.4 Å². The lowest BCUT2D eigenvalue weighted by atomic mass is 9.99. The molecule has 0 amide bonds. The normalized spacial score (nSPS) is 24.1. The minimum atomic E-state index is -0.299. The number of anilines is 2. The van der Waals surface area contributed by atoms with Crippen molar-refractivity contribution >= 4 is 22.4 Å². The Hall–Kier alpha value is -2.24. The molecule has 1 aliphatic heterocycles. The van der Waals surface area contributed by atoms with Crippen molar-refractivity contribution in [1.82, 2.24) is 4.98 Å². The number of fused-ring (bicyclic) bond motifs is 4. The van der Waals surface area contributed by atoms with Crippen LogP contribution in [0.2, 0.25) is 0 Å². The summed E-state index contributed by atoms with van der Waals surface area (Å²) in [5, 5.41) is 24.3. The maximum atomic E-state index is 10.5. The molecular formula is C15H15N3O2. The maximum Gasteiger partial charge on any atom is 0.158 e. The fourth-order valence-electron chi connectivity index (χ4n) is 3.01. The third kappa shape index (κ3) is 1.39. The van der Waals surface area contributed by atoms with E-state index in [0.29, 0.717) is 11.5 Å². The third-order valence-corrected chi connectivity index (χ3v) is 4.01. The average molecular weight is 269 g/mol. The molecule has 0 bridgehead atoms. The molecule has 2 atom stereocenters. The second kappa shape index (κ2) is 3.88. The Morgan fingerprint density at radius 3 is 2.50 bits per heavy atom. The number of rotatable bonds is 0. The van der Waals surface area contributed by atoms with Crippen LogP contribution in [0.5, 0.6) is 0 Å². The SMILES string of the molecule is Cc1ccc2[nH]c3c(c2c1)N(O)C1C=CC=CC1N3O. The first kappa shape index (κ1) is 11.6. The Bertz CT molecular complexity index is 747. The quantitative estimate of drug-likeness (QED) is 0.688. The Labute approximate surface area is 116 Å². The third-order valence-electron chi connectivity index (χ3n) is 4.01. The number of aryl methyl sites for hydroxylation is 1. The van der Waals surface area contributed by atoms with E-state index < -0.39 is 0 Å². The second-order valence-corrected chi connectivity index (χ2v) is 5.31. The van der Waals surface area contributed by atoms with E-state index in [1.54, 1.807) is 0 Å². The first-order chi connectivity index (χ1) is 9.66. The molecule has 102 valence electrons. The number of benzene rings is 1. The summed E-state index contributed by atoms with van der Waals surface area (Å²) in [6, 6.07) is 5.37. The van der Waals surface area contributed by atoms with Gasteiger partial charge in [-0.1, -0.05) is 35.9 Å². The van der Waals surface area contributed by atoms with Crippen LogP contribution in [0.15, 0.2) is 42.5 Å². The molecule has 0 fully saturated rings. The van der Waals surface area contributed by atoms with Crippen LogP contribution in [0.25, 0.3) is 10.9 Å². The zero-order valence-corrected chi connectivity index (χ0v) is 11.0. The van der Waals surface area contributed by atoms with Gasteiger partial charge in [0.05, 0.1) is 0 Å². The molecule has 2 heterocycles. The molecule has 5 nitrogen and oxygen atoms in total. The summed E-state index contributed by atoms with van der Waals surface area (Å²) in [6.45, 7) is 2.01. The molecule has 0 saturated heterocycles.